The van der Waals surface area contributed by atoms with E-state index in [-0.39, 0.29) is 18.1 Å². The second kappa shape index (κ2) is 7.59. The fraction of sp³-hybridized carbons (Fsp3) is 0.556. The van der Waals surface area contributed by atoms with Crippen molar-refractivity contribution < 1.29 is 9.90 Å². The number of aromatic nitrogens is 1. The number of aliphatic hydroxyl groups excluding tert-OH is 1. The second-order valence-electron chi connectivity index (χ2n) is 6.66. The number of carbonyl (C=O) groups is 1. The lowest BCUT2D eigenvalue weighted by atomic mass is 10.1. The average molecular weight is 347 g/mol. The van der Waals surface area contributed by atoms with Crippen LogP contribution in [0.4, 0.5) is 0 Å². The summed E-state index contributed by atoms with van der Waals surface area (Å²) in [4.78, 5) is 21.0. The van der Waals surface area contributed by atoms with Crippen LogP contribution in [0.1, 0.15) is 24.8 Å². The van der Waals surface area contributed by atoms with Crippen LogP contribution in [0.5, 0.6) is 0 Å². The van der Waals surface area contributed by atoms with Gasteiger partial charge in [-0.2, -0.15) is 0 Å². The maximum absolute atomic E-state index is 12.4. The number of rotatable bonds is 5. The molecule has 1 atom stereocenters. The number of likely N-dealkylation sites (N-methyl/N-ethyl adjacent to an activating group) is 1. The Morgan fingerprint density at radius 1 is 1.42 bits per heavy atom. The molecule has 0 radical (unpaired) electrons. The number of likely N-dealkylation sites (tertiary alicyclic amines) is 1. The Hall–Kier alpha value is -1.50. The molecule has 1 aromatic heterocycles. The molecule has 24 heavy (non-hydrogen) atoms. The van der Waals surface area contributed by atoms with Gasteiger partial charge >= 0.3 is 0 Å². The van der Waals surface area contributed by atoms with E-state index in [9.17, 15) is 9.90 Å². The number of fused-ring (bicyclic) bond motifs is 1. The molecular weight excluding hydrogens is 322 g/mol. The van der Waals surface area contributed by atoms with Gasteiger partial charge in [-0.05, 0) is 38.9 Å². The summed E-state index contributed by atoms with van der Waals surface area (Å²) in [6.07, 6.45) is 1.99. The van der Waals surface area contributed by atoms with Crippen molar-refractivity contribution in [3.8, 4) is 0 Å². The highest BCUT2D eigenvalue weighted by Gasteiger charge is 2.23. The van der Waals surface area contributed by atoms with Gasteiger partial charge in [0.25, 0.3) is 0 Å². The number of para-hydroxylation sites is 1. The zero-order chi connectivity index (χ0) is 17.1. The third-order valence-electron chi connectivity index (χ3n) is 4.76. The zero-order valence-electron chi connectivity index (χ0n) is 14.3. The minimum Gasteiger partial charge on any atom is -0.393 e. The zero-order valence-corrected chi connectivity index (χ0v) is 15.1. The van der Waals surface area contributed by atoms with Crippen molar-refractivity contribution in [1.82, 2.24) is 14.8 Å². The summed E-state index contributed by atoms with van der Waals surface area (Å²) in [5.74, 6) is 0.153. The molecule has 0 bridgehead atoms. The standard InChI is InChI=1S/C18H25N3O2S/c1-13(11-17-19-15-5-3-4-6-16(15)24-17)20(2)12-18(23)21-9-7-14(22)8-10-21/h3-6,13-14,22H,7-12H2,1-2H3. The van der Waals surface area contributed by atoms with E-state index < -0.39 is 0 Å². The highest BCUT2D eigenvalue weighted by atomic mass is 32.1. The lowest BCUT2D eigenvalue weighted by molar-refractivity contribution is -0.134. The second-order valence-corrected chi connectivity index (χ2v) is 7.77. The third-order valence-corrected chi connectivity index (χ3v) is 5.82. The molecule has 1 aliphatic heterocycles. The molecule has 2 aromatic rings. The van der Waals surface area contributed by atoms with Gasteiger partial charge in [0, 0.05) is 25.6 Å². The molecule has 1 amide bonds. The van der Waals surface area contributed by atoms with Gasteiger partial charge < -0.3 is 10.0 Å². The molecule has 5 nitrogen and oxygen atoms in total. The number of nitrogens with zero attached hydrogens (tertiary/aromatic N) is 3. The minimum atomic E-state index is -0.246. The smallest absolute Gasteiger partial charge is 0.236 e. The van der Waals surface area contributed by atoms with E-state index in [0.29, 0.717) is 32.5 Å². The van der Waals surface area contributed by atoms with E-state index in [2.05, 4.69) is 22.9 Å². The van der Waals surface area contributed by atoms with E-state index in [1.807, 2.05) is 30.1 Å². The molecule has 1 aliphatic rings. The number of thiazole rings is 1. The predicted molar refractivity (Wildman–Crippen MR) is 97.2 cm³/mol. The fourth-order valence-electron chi connectivity index (χ4n) is 3.00. The molecule has 1 aromatic carbocycles. The van der Waals surface area contributed by atoms with Crippen molar-refractivity contribution >= 4 is 27.5 Å². The number of hydrogen-bond donors (Lipinski definition) is 1. The molecule has 1 fully saturated rings. The molecule has 1 saturated heterocycles. The summed E-state index contributed by atoms with van der Waals surface area (Å²) < 4.78 is 1.21. The molecule has 130 valence electrons. The van der Waals surface area contributed by atoms with Crippen LogP contribution >= 0.6 is 11.3 Å². The van der Waals surface area contributed by atoms with Crippen LogP contribution in [-0.4, -0.2) is 64.6 Å². The van der Waals surface area contributed by atoms with Gasteiger partial charge in [0.15, 0.2) is 0 Å². The summed E-state index contributed by atoms with van der Waals surface area (Å²) in [5.41, 5.74) is 1.05. The molecule has 0 spiro atoms. The first-order valence-electron chi connectivity index (χ1n) is 8.53. The van der Waals surface area contributed by atoms with Gasteiger partial charge in [-0.1, -0.05) is 12.1 Å². The van der Waals surface area contributed by atoms with E-state index in [4.69, 9.17) is 0 Å². The van der Waals surface area contributed by atoms with Gasteiger partial charge in [-0.3, -0.25) is 9.69 Å². The van der Waals surface area contributed by atoms with Crippen LogP contribution in [-0.2, 0) is 11.2 Å². The molecule has 1 unspecified atom stereocenters. The third kappa shape index (κ3) is 4.12. The highest BCUT2D eigenvalue weighted by Crippen LogP contribution is 2.23. The SMILES string of the molecule is CC(Cc1nc2ccccc2s1)N(C)CC(=O)N1CCC(O)CC1. The Labute approximate surface area is 146 Å². The van der Waals surface area contributed by atoms with Gasteiger partial charge in [-0.15, -0.1) is 11.3 Å². The highest BCUT2D eigenvalue weighted by molar-refractivity contribution is 7.18. The molecule has 0 saturated carbocycles. The molecule has 2 heterocycles. The van der Waals surface area contributed by atoms with Crippen LogP contribution in [0.3, 0.4) is 0 Å². The maximum atomic E-state index is 12.4. The number of piperidine rings is 1. The molecule has 0 aliphatic carbocycles. The summed E-state index contributed by atoms with van der Waals surface area (Å²) in [6, 6.07) is 8.44. The Balaban J connectivity index is 1.54. The van der Waals surface area contributed by atoms with Crippen LogP contribution in [0.15, 0.2) is 24.3 Å². The first-order valence-corrected chi connectivity index (χ1v) is 9.35. The molecule has 1 N–H and O–H groups in total. The number of amides is 1. The van der Waals surface area contributed by atoms with Crippen molar-refractivity contribution in [2.75, 3.05) is 26.7 Å². The van der Waals surface area contributed by atoms with Gasteiger partial charge in [0.05, 0.1) is 27.9 Å². The normalized spacial score (nSPS) is 17.6. The van der Waals surface area contributed by atoms with Crippen LogP contribution in [0.25, 0.3) is 10.2 Å². The fourth-order valence-corrected chi connectivity index (χ4v) is 4.09. The Kier molecular flexibility index (Phi) is 5.48. The van der Waals surface area contributed by atoms with E-state index in [1.165, 1.54) is 4.70 Å². The van der Waals surface area contributed by atoms with Gasteiger partial charge in [0.1, 0.15) is 0 Å². The largest absolute Gasteiger partial charge is 0.393 e. The summed E-state index contributed by atoms with van der Waals surface area (Å²) in [6.45, 7) is 3.89. The molecular formula is C18H25N3O2S. The van der Waals surface area contributed by atoms with Crippen LogP contribution in [0.2, 0.25) is 0 Å². The summed E-state index contributed by atoms with van der Waals surface area (Å²) in [5, 5.41) is 10.7. The Bertz CT molecular complexity index is 661. The number of carbonyl (C=O) groups excluding carboxylic acids is 1. The number of hydrogen-bond acceptors (Lipinski definition) is 5. The average Bonchev–Trinajstić information content (AvgIpc) is 2.97. The quantitative estimate of drug-likeness (QED) is 0.900. The van der Waals surface area contributed by atoms with Crippen LogP contribution in [0, 0.1) is 0 Å². The maximum Gasteiger partial charge on any atom is 0.236 e. The summed E-state index contributed by atoms with van der Waals surface area (Å²) in [7, 11) is 1.99. The van der Waals surface area contributed by atoms with E-state index >= 15 is 0 Å². The summed E-state index contributed by atoms with van der Waals surface area (Å²) >= 11 is 1.73. The van der Waals surface area contributed by atoms with Crippen molar-refractivity contribution in [3.05, 3.63) is 29.3 Å². The molecule has 3 rings (SSSR count). The van der Waals surface area contributed by atoms with Crippen molar-refractivity contribution in [2.24, 2.45) is 0 Å². The lowest BCUT2D eigenvalue weighted by Crippen LogP contribution is -2.46. The van der Waals surface area contributed by atoms with Gasteiger partial charge in [-0.25, -0.2) is 4.98 Å². The number of aliphatic hydroxyl groups is 1. The van der Waals surface area contributed by atoms with E-state index in [1.54, 1.807) is 11.3 Å². The van der Waals surface area contributed by atoms with Gasteiger partial charge in [0.2, 0.25) is 5.91 Å². The van der Waals surface area contributed by atoms with Crippen molar-refractivity contribution in [3.63, 3.8) is 0 Å². The first kappa shape index (κ1) is 17.3. The van der Waals surface area contributed by atoms with Crippen LogP contribution < -0.4 is 0 Å². The predicted octanol–water partition coefficient (Wildman–Crippen LogP) is 2.14. The van der Waals surface area contributed by atoms with Crippen molar-refractivity contribution in [2.45, 2.75) is 38.3 Å². The first-order chi connectivity index (χ1) is 11.5. The topological polar surface area (TPSA) is 56.7 Å². The van der Waals surface area contributed by atoms with Crippen molar-refractivity contribution in [1.29, 1.82) is 0 Å². The minimum absolute atomic E-state index is 0.153. The lowest BCUT2D eigenvalue weighted by Gasteiger charge is -2.32. The van der Waals surface area contributed by atoms with E-state index in [0.717, 1.165) is 16.9 Å². The number of benzene rings is 1. The Morgan fingerprint density at radius 2 is 2.12 bits per heavy atom. The Morgan fingerprint density at radius 3 is 2.83 bits per heavy atom. The molecule has 6 heteroatoms. The monoisotopic (exact) mass is 347 g/mol.